The number of hydrogen-bond acceptors (Lipinski definition) is 2. The summed E-state index contributed by atoms with van der Waals surface area (Å²) >= 11 is 2.11. The van der Waals surface area contributed by atoms with E-state index in [1.807, 2.05) is 0 Å². The monoisotopic (exact) mass is 335 g/mol. The van der Waals surface area contributed by atoms with E-state index in [0.717, 1.165) is 13.0 Å². The quantitative estimate of drug-likeness (QED) is 0.760. The molecule has 1 unspecified atom stereocenters. The minimum atomic E-state index is 0.545. The summed E-state index contributed by atoms with van der Waals surface area (Å²) < 4.78 is 0. The lowest BCUT2D eigenvalue weighted by Crippen LogP contribution is -2.07. The molecule has 2 heteroatoms. The third-order valence-corrected chi connectivity index (χ3v) is 6.49. The smallest absolute Gasteiger partial charge is 0.0342 e. The molecule has 0 saturated carbocycles. The van der Waals surface area contributed by atoms with Crippen LogP contribution >= 0.6 is 11.8 Å². The van der Waals surface area contributed by atoms with Gasteiger partial charge in [-0.2, -0.15) is 0 Å². The van der Waals surface area contributed by atoms with Crippen molar-refractivity contribution in [3.05, 3.63) is 75.7 Å². The van der Waals surface area contributed by atoms with Crippen LogP contribution in [0.5, 0.6) is 0 Å². The van der Waals surface area contributed by atoms with E-state index in [1.165, 1.54) is 36.3 Å². The first kappa shape index (κ1) is 15.8. The summed E-state index contributed by atoms with van der Waals surface area (Å²) in [5.74, 6) is 1.82. The number of nitrogens with one attached hydrogen (secondary N) is 1. The van der Waals surface area contributed by atoms with Crippen LogP contribution in [0.15, 0.2) is 59.0 Å². The number of rotatable bonds is 4. The Morgan fingerprint density at radius 2 is 1.96 bits per heavy atom. The van der Waals surface area contributed by atoms with Gasteiger partial charge in [-0.05, 0) is 66.3 Å². The van der Waals surface area contributed by atoms with Gasteiger partial charge in [0.2, 0.25) is 0 Å². The Balaban J connectivity index is 1.71. The lowest BCUT2D eigenvalue weighted by atomic mass is 9.88. The fourth-order valence-electron chi connectivity index (χ4n) is 4.08. The Morgan fingerprint density at radius 1 is 1.04 bits per heavy atom. The first-order chi connectivity index (χ1) is 11.8. The zero-order chi connectivity index (χ0) is 16.4. The van der Waals surface area contributed by atoms with Crippen molar-refractivity contribution in [2.24, 2.45) is 0 Å². The van der Waals surface area contributed by atoms with Gasteiger partial charge in [-0.1, -0.05) is 42.0 Å². The number of fused-ring (bicyclic) bond motifs is 1. The average molecular weight is 336 g/mol. The number of anilines is 1. The van der Waals surface area contributed by atoms with Gasteiger partial charge in [0, 0.05) is 23.9 Å². The topological polar surface area (TPSA) is 12.0 Å². The highest BCUT2D eigenvalue weighted by Crippen LogP contribution is 2.47. The first-order valence-corrected chi connectivity index (χ1v) is 10.1. The molecule has 1 nitrogen and oxygen atoms in total. The molecule has 4 rings (SSSR count). The molecular formula is C22H25NS. The van der Waals surface area contributed by atoms with E-state index in [2.05, 4.69) is 72.5 Å². The molecule has 124 valence electrons. The summed E-state index contributed by atoms with van der Waals surface area (Å²) in [6.07, 6.45) is 4.88. The van der Waals surface area contributed by atoms with E-state index >= 15 is 0 Å². The van der Waals surface area contributed by atoms with Gasteiger partial charge in [0.15, 0.2) is 0 Å². The predicted octanol–water partition coefficient (Wildman–Crippen LogP) is 5.78. The van der Waals surface area contributed by atoms with Crippen molar-refractivity contribution in [2.75, 3.05) is 17.6 Å². The molecule has 1 heterocycles. The van der Waals surface area contributed by atoms with E-state index in [9.17, 15) is 0 Å². The van der Waals surface area contributed by atoms with Gasteiger partial charge in [0.05, 0.1) is 0 Å². The summed E-state index contributed by atoms with van der Waals surface area (Å²) in [4.78, 5) is 1.67. The summed E-state index contributed by atoms with van der Waals surface area (Å²) in [7, 11) is 0. The van der Waals surface area contributed by atoms with Crippen molar-refractivity contribution >= 4 is 17.4 Å². The van der Waals surface area contributed by atoms with E-state index in [0.29, 0.717) is 5.92 Å². The molecule has 2 aromatic rings. The number of thioether (sulfide) groups is 1. The van der Waals surface area contributed by atoms with Crippen molar-refractivity contribution in [1.82, 2.24) is 0 Å². The predicted molar refractivity (Wildman–Crippen MR) is 106 cm³/mol. The third kappa shape index (κ3) is 3.12. The first-order valence-electron chi connectivity index (χ1n) is 9.10. The lowest BCUT2D eigenvalue weighted by molar-refractivity contribution is 0.816. The summed E-state index contributed by atoms with van der Waals surface area (Å²) in [6.45, 7) is 3.13. The van der Waals surface area contributed by atoms with Crippen LogP contribution in [0, 0.1) is 0 Å². The van der Waals surface area contributed by atoms with Crippen LogP contribution in [0.2, 0.25) is 0 Å². The van der Waals surface area contributed by atoms with Gasteiger partial charge in [-0.25, -0.2) is 0 Å². The van der Waals surface area contributed by atoms with Gasteiger partial charge in [-0.15, -0.1) is 11.8 Å². The molecule has 1 aliphatic heterocycles. The summed E-state index contributed by atoms with van der Waals surface area (Å²) in [5, 5.41) is 3.45. The van der Waals surface area contributed by atoms with Crippen LogP contribution < -0.4 is 5.32 Å². The van der Waals surface area contributed by atoms with Gasteiger partial charge >= 0.3 is 0 Å². The highest BCUT2D eigenvalue weighted by Gasteiger charge is 2.29. The Kier molecular flexibility index (Phi) is 4.66. The second kappa shape index (κ2) is 7.06. The van der Waals surface area contributed by atoms with Crippen molar-refractivity contribution in [3.8, 4) is 0 Å². The van der Waals surface area contributed by atoms with Crippen molar-refractivity contribution < 1.29 is 0 Å². The van der Waals surface area contributed by atoms with Crippen molar-refractivity contribution in [1.29, 1.82) is 0 Å². The van der Waals surface area contributed by atoms with E-state index in [4.69, 9.17) is 0 Å². The maximum absolute atomic E-state index is 3.45. The van der Waals surface area contributed by atoms with Gasteiger partial charge < -0.3 is 5.32 Å². The largest absolute Gasteiger partial charge is 0.385 e. The van der Waals surface area contributed by atoms with Gasteiger partial charge in [0.1, 0.15) is 0 Å². The summed E-state index contributed by atoms with van der Waals surface area (Å²) in [6, 6.07) is 18.1. The van der Waals surface area contributed by atoms with E-state index in [-0.39, 0.29) is 0 Å². The zero-order valence-electron chi connectivity index (χ0n) is 14.3. The van der Waals surface area contributed by atoms with Crippen LogP contribution in [-0.4, -0.2) is 12.3 Å². The average Bonchev–Trinajstić information content (AvgIpc) is 3.02. The van der Waals surface area contributed by atoms with Crippen LogP contribution in [0.25, 0.3) is 0 Å². The normalized spacial score (nSPS) is 19.6. The molecule has 2 aliphatic rings. The molecule has 0 aromatic heterocycles. The number of benzene rings is 2. The fourth-order valence-corrected chi connectivity index (χ4v) is 5.47. The molecule has 24 heavy (non-hydrogen) atoms. The van der Waals surface area contributed by atoms with E-state index in [1.54, 1.807) is 21.6 Å². The fraction of sp³-hybridized carbons (Fsp3) is 0.364. The molecule has 0 fully saturated rings. The minimum absolute atomic E-state index is 0.545. The molecule has 0 bridgehead atoms. The number of hydrogen-bond donors (Lipinski definition) is 1. The molecule has 1 atom stereocenters. The maximum Gasteiger partial charge on any atom is 0.0342 e. The van der Waals surface area contributed by atoms with Crippen LogP contribution in [0.3, 0.4) is 0 Å². The Hall–Kier alpha value is -1.67. The maximum atomic E-state index is 3.45. The van der Waals surface area contributed by atoms with Gasteiger partial charge in [0.25, 0.3) is 0 Å². The molecule has 0 radical (unpaired) electrons. The number of allylic oxidation sites excluding steroid dienone is 2. The molecular weight excluding hydrogens is 310 g/mol. The summed E-state index contributed by atoms with van der Waals surface area (Å²) in [5.41, 5.74) is 7.52. The highest BCUT2D eigenvalue weighted by molar-refractivity contribution is 8.03. The molecule has 0 spiro atoms. The molecule has 0 amide bonds. The molecule has 0 saturated heterocycles. The van der Waals surface area contributed by atoms with Crippen molar-refractivity contribution in [3.63, 3.8) is 0 Å². The zero-order valence-corrected chi connectivity index (χ0v) is 15.2. The molecule has 1 N–H and O–H groups in total. The van der Waals surface area contributed by atoms with E-state index < -0.39 is 0 Å². The Bertz CT molecular complexity index is 762. The molecule has 1 aliphatic carbocycles. The molecule has 2 aromatic carbocycles. The minimum Gasteiger partial charge on any atom is -0.385 e. The second-order valence-corrected chi connectivity index (χ2v) is 7.89. The van der Waals surface area contributed by atoms with Crippen LogP contribution in [0.4, 0.5) is 5.69 Å². The van der Waals surface area contributed by atoms with Crippen LogP contribution in [0.1, 0.15) is 42.4 Å². The van der Waals surface area contributed by atoms with Crippen LogP contribution in [-0.2, 0) is 12.8 Å². The lowest BCUT2D eigenvalue weighted by Gasteiger charge is -2.21. The third-order valence-electron chi connectivity index (χ3n) is 5.20. The van der Waals surface area contributed by atoms with Gasteiger partial charge in [-0.3, -0.25) is 0 Å². The van der Waals surface area contributed by atoms with Crippen molar-refractivity contribution in [2.45, 2.75) is 38.5 Å². The SMILES string of the molecule is CCNc1cccc(CC2C3=C(CCS3)CCc3ccccc32)c1. The number of aryl methyl sites for hydroxylation is 1. The standard InChI is InChI=1S/C22H25NS/c1-2-23-19-8-5-6-16(14-19)15-21-20-9-4-3-7-17(20)10-11-18-12-13-24-22(18)21/h3-9,14,21,23H,2,10-13,15H2,1H3. The highest BCUT2D eigenvalue weighted by atomic mass is 32.2. The second-order valence-electron chi connectivity index (χ2n) is 6.75. The Morgan fingerprint density at radius 3 is 2.88 bits per heavy atom. The Labute approximate surface area is 149 Å².